The number of hydrogen-bond acceptors (Lipinski definition) is 2. The van der Waals surface area contributed by atoms with Crippen molar-refractivity contribution in [3.8, 4) is 0 Å². The van der Waals surface area contributed by atoms with Crippen molar-refractivity contribution >= 4 is 11.6 Å². The Hall–Kier alpha value is -1.44. The maximum Gasteiger partial charge on any atom is 0.228 e. The van der Waals surface area contributed by atoms with Gasteiger partial charge in [-0.1, -0.05) is 18.2 Å². The van der Waals surface area contributed by atoms with Crippen LogP contribution in [0.2, 0.25) is 0 Å². The van der Waals surface area contributed by atoms with E-state index in [1.54, 1.807) is 0 Å². The summed E-state index contributed by atoms with van der Waals surface area (Å²) in [7, 11) is 0. The van der Waals surface area contributed by atoms with E-state index in [1.165, 1.54) is 5.57 Å². The van der Waals surface area contributed by atoms with E-state index >= 15 is 0 Å². The minimum absolute atomic E-state index is 0.0359. The lowest BCUT2D eigenvalue weighted by molar-refractivity contribution is -0.135. The van der Waals surface area contributed by atoms with Gasteiger partial charge in [0.25, 0.3) is 0 Å². The minimum Gasteiger partial charge on any atom is -0.290 e. The topological polar surface area (TPSA) is 34.1 Å². The molecule has 82 valence electrons. The van der Waals surface area contributed by atoms with Gasteiger partial charge in [-0.15, -0.1) is 0 Å². The van der Waals surface area contributed by atoms with Crippen LogP contribution in [0.1, 0.15) is 32.1 Å². The van der Waals surface area contributed by atoms with Crippen molar-refractivity contribution in [2.24, 2.45) is 5.92 Å². The Kier molecular flexibility index (Phi) is 2.16. The molecule has 0 atom stereocenters. The van der Waals surface area contributed by atoms with Crippen LogP contribution in [0.4, 0.5) is 0 Å². The summed E-state index contributed by atoms with van der Waals surface area (Å²) >= 11 is 0. The van der Waals surface area contributed by atoms with Gasteiger partial charge in [0.1, 0.15) is 0 Å². The van der Waals surface area contributed by atoms with Crippen LogP contribution in [-0.2, 0) is 9.59 Å². The molecular formula is C14H14O2. The second-order valence-corrected chi connectivity index (χ2v) is 4.73. The van der Waals surface area contributed by atoms with Crippen LogP contribution in [0, 0.1) is 5.92 Å². The van der Waals surface area contributed by atoms with Crippen molar-refractivity contribution < 1.29 is 9.59 Å². The van der Waals surface area contributed by atoms with Gasteiger partial charge in [-0.2, -0.15) is 0 Å². The summed E-state index contributed by atoms with van der Waals surface area (Å²) in [5.41, 5.74) is 3.06. The van der Waals surface area contributed by atoms with Gasteiger partial charge in [0, 0.05) is 11.5 Å². The van der Waals surface area contributed by atoms with E-state index in [9.17, 15) is 9.59 Å². The van der Waals surface area contributed by atoms with Crippen LogP contribution < -0.4 is 0 Å². The van der Waals surface area contributed by atoms with Gasteiger partial charge in [-0.3, -0.25) is 9.59 Å². The standard InChI is InChI=1S/C14H14O2/c15-13(10-7-8-10)14(16)12-6-2-4-9-3-1-5-11(9)12/h1,3,6,10H,2,4-5,7-8H2. The minimum atomic E-state index is -0.238. The summed E-state index contributed by atoms with van der Waals surface area (Å²) in [6.07, 6.45) is 10.7. The van der Waals surface area contributed by atoms with Gasteiger partial charge >= 0.3 is 0 Å². The Morgan fingerprint density at radius 2 is 2.06 bits per heavy atom. The molecule has 0 unspecified atom stereocenters. The molecule has 0 aromatic carbocycles. The molecule has 0 aromatic heterocycles. The van der Waals surface area contributed by atoms with E-state index in [4.69, 9.17) is 0 Å². The zero-order valence-electron chi connectivity index (χ0n) is 9.16. The summed E-state index contributed by atoms with van der Waals surface area (Å²) in [5, 5.41) is 0. The molecule has 0 radical (unpaired) electrons. The van der Waals surface area contributed by atoms with Crippen LogP contribution in [0.5, 0.6) is 0 Å². The second-order valence-electron chi connectivity index (χ2n) is 4.73. The lowest BCUT2D eigenvalue weighted by Crippen LogP contribution is -2.20. The highest BCUT2D eigenvalue weighted by molar-refractivity contribution is 6.45. The predicted molar refractivity (Wildman–Crippen MR) is 60.8 cm³/mol. The Labute approximate surface area is 94.7 Å². The first-order valence-electron chi connectivity index (χ1n) is 5.95. The van der Waals surface area contributed by atoms with E-state index in [0.29, 0.717) is 5.57 Å². The third-order valence-corrected chi connectivity index (χ3v) is 3.53. The van der Waals surface area contributed by atoms with Crippen molar-refractivity contribution in [1.29, 1.82) is 0 Å². The molecule has 0 bridgehead atoms. The maximum absolute atomic E-state index is 12.0. The van der Waals surface area contributed by atoms with Gasteiger partial charge in [0.15, 0.2) is 0 Å². The van der Waals surface area contributed by atoms with Gasteiger partial charge < -0.3 is 0 Å². The van der Waals surface area contributed by atoms with Crippen LogP contribution in [0.3, 0.4) is 0 Å². The second kappa shape index (κ2) is 3.55. The monoisotopic (exact) mass is 214 g/mol. The van der Waals surface area contributed by atoms with E-state index in [2.05, 4.69) is 12.2 Å². The maximum atomic E-state index is 12.0. The highest BCUT2D eigenvalue weighted by Crippen LogP contribution is 2.36. The number of ketones is 2. The Balaban J connectivity index is 1.86. The lowest BCUT2D eigenvalue weighted by Gasteiger charge is -2.14. The fraction of sp³-hybridized carbons (Fsp3) is 0.429. The molecule has 2 nitrogen and oxygen atoms in total. The summed E-state index contributed by atoms with van der Waals surface area (Å²) in [4.78, 5) is 23.8. The molecule has 3 aliphatic carbocycles. The number of rotatable bonds is 3. The van der Waals surface area contributed by atoms with Gasteiger partial charge in [0.2, 0.25) is 11.6 Å². The largest absolute Gasteiger partial charge is 0.290 e. The molecule has 0 saturated heterocycles. The third kappa shape index (κ3) is 1.49. The zero-order chi connectivity index (χ0) is 11.1. The number of carbonyl (C=O) groups excluding carboxylic acids is 2. The summed E-state index contributed by atoms with van der Waals surface area (Å²) in [6.45, 7) is 0. The van der Waals surface area contributed by atoms with E-state index in [-0.39, 0.29) is 17.5 Å². The van der Waals surface area contributed by atoms with Crippen molar-refractivity contribution in [1.82, 2.24) is 0 Å². The molecule has 3 rings (SSSR count). The number of allylic oxidation sites excluding steroid dienone is 6. The van der Waals surface area contributed by atoms with Crippen molar-refractivity contribution in [2.75, 3.05) is 0 Å². The fourth-order valence-corrected chi connectivity index (χ4v) is 2.46. The van der Waals surface area contributed by atoms with Gasteiger partial charge in [-0.25, -0.2) is 0 Å². The average Bonchev–Trinajstić information content (AvgIpc) is 3.04. The SMILES string of the molecule is O=C(C(=O)C1CC1)C1=CCCC2=C1CC=C2. The van der Waals surface area contributed by atoms with Gasteiger partial charge in [0.05, 0.1) is 0 Å². The molecule has 3 aliphatic rings. The first kappa shape index (κ1) is 9.76. The van der Waals surface area contributed by atoms with Crippen molar-refractivity contribution in [3.05, 3.63) is 34.9 Å². The number of hydrogen-bond donors (Lipinski definition) is 0. The van der Waals surface area contributed by atoms with E-state index in [0.717, 1.165) is 37.7 Å². The highest BCUT2D eigenvalue weighted by atomic mass is 16.2. The Morgan fingerprint density at radius 1 is 1.25 bits per heavy atom. The molecule has 0 N–H and O–H groups in total. The van der Waals surface area contributed by atoms with Gasteiger partial charge in [-0.05, 0) is 43.3 Å². The molecule has 2 heteroatoms. The summed E-state index contributed by atoms with van der Waals surface area (Å²) in [6, 6.07) is 0. The molecule has 1 saturated carbocycles. The highest BCUT2D eigenvalue weighted by Gasteiger charge is 2.36. The average molecular weight is 214 g/mol. The van der Waals surface area contributed by atoms with Crippen LogP contribution in [0.15, 0.2) is 34.9 Å². The molecule has 0 spiro atoms. The Morgan fingerprint density at radius 3 is 2.81 bits per heavy atom. The summed E-state index contributed by atoms with van der Waals surface area (Å²) in [5.74, 6) is -0.362. The van der Waals surface area contributed by atoms with E-state index in [1.807, 2.05) is 6.08 Å². The molecule has 0 aliphatic heterocycles. The molecule has 0 amide bonds. The summed E-state index contributed by atoms with van der Waals surface area (Å²) < 4.78 is 0. The predicted octanol–water partition coefficient (Wildman–Crippen LogP) is 2.51. The molecule has 0 heterocycles. The zero-order valence-corrected chi connectivity index (χ0v) is 9.16. The van der Waals surface area contributed by atoms with Crippen molar-refractivity contribution in [3.63, 3.8) is 0 Å². The van der Waals surface area contributed by atoms with Crippen molar-refractivity contribution in [2.45, 2.75) is 32.1 Å². The molecule has 0 aromatic rings. The third-order valence-electron chi connectivity index (χ3n) is 3.53. The van der Waals surface area contributed by atoms with Crippen LogP contribution in [0.25, 0.3) is 0 Å². The smallest absolute Gasteiger partial charge is 0.228 e. The first-order chi connectivity index (χ1) is 7.77. The molecule has 16 heavy (non-hydrogen) atoms. The Bertz CT molecular complexity index is 459. The number of carbonyl (C=O) groups is 2. The first-order valence-corrected chi connectivity index (χ1v) is 5.95. The molecular weight excluding hydrogens is 200 g/mol. The fourth-order valence-electron chi connectivity index (χ4n) is 2.46. The van der Waals surface area contributed by atoms with Crippen LogP contribution in [-0.4, -0.2) is 11.6 Å². The number of Topliss-reactive ketones (excluding diaryl/α,β-unsaturated/α-hetero) is 2. The van der Waals surface area contributed by atoms with Crippen LogP contribution >= 0.6 is 0 Å². The van der Waals surface area contributed by atoms with E-state index < -0.39 is 0 Å². The molecule has 1 fully saturated rings. The lowest BCUT2D eigenvalue weighted by atomic mass is 9.88. The quantitative estimate of drug-likeness (QED) is 0.676. The normalized spacial score (nSPS) is 23.1.